The van der Waals surface area contributed by atoms with Gasteiger partial charge in [0, 0.05) is 23.8 Å². The van der Waals surface area contributed by atoms with Crippen molar-refractivity contribution in [3.63, 3.8) is 0 Å². The van der Waals surface area contributed by atoms with Crippen molar-refractivity contribution in [2.75, 3.05) is 25.1 Å². The van der Waals surface area contributed by atoms with Gasteiger partial charge in [-0.15, -0.1) is 0 Å². The van der Waals surface area contributed by atoms with Crippen LogP contribution in [0.2, 0.25) is 5.02 Å². The molecule has 0 bridgehead atoms. The molecule has 116 valence electrons. The molecule has 22 heavy (non-hydrogen) atoms. The quantitative estimate of drug-likeness (QED) is 0.933. The molecule has 1 aliphatic heterocycles. The van der Waals surface area contributed by atoms with E-state index < -0.39 is 5.60 Å². The van der Waals surface area contributed by atoms with Crippen molar-refractivity contribution in [3.8, 4) is 5.75 Å². The number of hydrogen-bond acceptors (Lipinski definition) is 3. The predicted octanol–water partition coefficient (Wildman–Crippen LogP) is 3.84. The number of aliphatic hydroxyl groups is 1. The summed E-state index contributed by atoms with van der Waals surface area (Å²) in [6.45, 7) is 1.65. The number of anilines is 1. The van der Waals surface area contributed by atoms with E-state index in [-0.39, 0.29) is 0 Å². The molecule has 1 aliphatic rings. The third kappa shape index (κ3) is 3.06. The molecule has 1 heterocycles. The highest BCUT2D eigenvalue weighted by Crippen LogP contribution is 2.35. The number of ether oxygens (including phenoxy) is 1. The van der Waals surface area contributed by atoms with Crippen molar-refractivity contribution in [3.05, 3.63) is 59.1 Å². The van der Waals surface area contributed by atoms with E-state index in [1.165, 1.54) is 5.69 Å². The van der Waals surface area contributed by atoms with Crippen LogP contribution < -0.4 is 9.64 Å². The Hall–Kier alpha value is -1.71. The number of rotatable bonds is 3. The summed E-state index contributed by atoms with van der Waals surface area (Å²) in [7, 11) is 1.67. The lowest BCUT2D eigenvalue weighted by Gasteiger charge is -2.39. The lowest BCUT2D eigenvalue weighted by Crippen LogP contribution is -2.42. The molecule has 0 atom stereocenters. The van der Waals surface area contributed by atoms with Crippen molar-refractivity contribution in [1.29, 1.82) is 0 Å². The highest BCUT2D eigenvalue weighted by Gasteiger charge is 2.33. The molecule has 1 N–H and O–H groups in total. The molecule has 0 aromatic heterocycles. The van der Waals surface area contributed by atoms with Crippen molar-refractivity contribution in [2.24, 2.45) is 0 Å². The smallest absolute Gasteiger partial charge is 0.119 e. The van der Waals surface area contributed by atoms with Crippen molar-refractivity contribution < 1.29 is 9.84 Å². The number of benzene rings is 2. The van der Waals surface area contributed by atoms with Gasteiger partial charge in [0.15, 0.2) is 0 Å². The standard InChI is InChI=1S/C18H20ClNO2/c1-22-17-8-6-16(7-9-17)20-12-10-18(21,11-13-20)14-2-4-15(19)5-3-14/h2-9,21H,10-13H2,1H3. The Morgan fingerprint density at radius 1 is 1.00 bits per heavy atom. The normalized spacial score (nSPS) is 17.3. The van der Waals surface area contributed by atoms with Gasteiger partial charge < -0.3 is 14.7 Å². The molecular weight excluding hydrogens is 298 g/mol. The number of halogens is 1. The molecule has 2 aromatic carbocycles. The van der Waals surface area contributed by atoms with Crippen LogP contribution in [0, 0.1) is 0 Å². The molecule has 0 unspecified atom stereocenters. The molecule has 2 aromatic rings. The molecule has 4 heteroatoms. The summed E-state index contributed by atoms with van der Waals surface area (Å²) in [6, 6.07) is 15.6. The first kappa shape index (κ1) is 15.2. The number of hydrogen-bond donors (Lipinski definition) is 1. The first-order valence-corrected chi connectivity index (χ1v) is 7.86. The minimum atomic E-state index is -0.756. The summed E-state index contributed by atoms with van der Waals surface area (Å²) >= 11 is 5.92. The third-order valence-corrected chi connectivity index (χ3v) is 4.66. The van der Waals surface area contributed by atoms with E-state index in [1.54, 1.807) is 7.11 Å². The Bertz CT molecular complexity index is 617. The summed E-state index contributed by atoms with van der Waals surface area (Å²) in [5.74, 6) is 0.860. The first-order valence-electron chi connectivity index (χ1n) is 7.48. The van der Waals surface area contributed by atoms with Crippen LogP contribution in [0.25, 0.3) is 0 Å². The van der Waals surface area contributed by atoms with Crippen LogP contribution in [0.4, 0.5) is 5.69 Å². The zero-order chi connectivity index (χ0) is 15.6. The third-order valence-electron chi connectivity index (χ3n) is 4.41. The minimum Gasteiger partial charge on any atom is -0.497 e. The van der Waals surface area contributed by atoms with Gasteiger partial charge in [0.1, 0.15) is 5.75 Å². The minimum absolute atomic E-state index is 0.697. The van der Waals surface area contributed by atoms with Crippen LogP contribution in [-0.2, 0) is 5.60 Å². The summed E-state index contributed by atoms with van der Waals surface area (Å²) in [4.78, 5) is 2.30. The maximum Gasteiger partial charge on any atom is 0.119 e. The molecule has 1 saturated heterocycles. The number of nitrogens with zero attached hydrogens (tertiary/aromatic N) is 1. The van der Waals surface area contributed by atoms with Gasteiger partial charge in [-0.1, -0.05) is 23.7 Å². The van der Waals surface area contributed by atoms with Gasteiger partial charge in [0.25, 0.3) is 0 Å². The Labute approximate surface area is 136 Å². The largest absolute Gasteiger partial charge is 0.497 e. The van der Waals surface area contributed by atoms with E-state index in [4.69, 9.17) is 16.3 Å². The summed E-state index contributed by atoms with van der Waals surface area (Å²) in [6.07, 6.45) is 1.42. The van der Waals surface area contributed by atoms with Gasteiger partial charge in [-0.25, -0.2) is 0 Å². The second kappa shape index (κ2) is 6.19. The molecule has 1 fully saturated rings. The molecule has 3 rings (SSSR count). The second-order valence-corrected chi connectivity index (χ2v) is 6.16. The summed E-state index contributed by atoms with van der Waals surface area (Å²) in [5.41, 5.74) is 1.36. The molecular formula is C18H20ClNO2. The average Bonchev–Trinajstić information content (AvgIpc) is 2.56. The van der Waals surface area contributed by atoms with Crippen LogP contribution in [0.1, 0.15) is 18.4 Å². The number of methoxy groups -OCH3 is 1. The van der Waals surface area contributed by atoms with Crippen molar-refractivity contribution in [2.45, 2.75) is 18.4 Å². The molecule has 0 spiro atoms. The van der Waals surface area contributed by atoms with Crippen LogP contribution in [-0.4, -0.2) is 25.3 Å². The van der Waals surface area contributed by atoms with Crippen LogP contribution in [0.5, 0.6) is 5.75 Å². The Balaban J connectivity index is 1.69. The van der Waals surface area contributed by atoms with Gasteiger partial charge in [-0.3, -0.25) is 0 Å². The zero-order valence-electron chi connectivity index (χ0n) is 12.6. The Morgan fingerprint density at radius 2 is 1.59 bits per heavy atom. The van der Waals surface area contributed by atoms with E-state index >= 15 is 0 Å². The van der Waals surface area contributed by atoms with Gasteiger partial charge in [-0.2, -0.15) is 0 Å². The summed E-state index contributed by atoms with van der Waals surface area (Å²) in [5, 5.41) is 11.6. The lowest BCUT2D eigenvalue weighted by atomic mass is 9.84. The van der Waals surface area contributed by atoms with Crippen molar-refractivity contribution >= 4 is 17.3 Å². The average molecular weight is 318 g/mol. The number of piperidine rings is 1. The van der Waals surface area contributed by atoms with E-state index in [9.17, 15) is 5.11 Å². The van der Waals surface area contributed by atoms with Crippen LogP contribution >= 0.6 is 11.6 Å². The summed E-state index contributed by atoms with van der Waals surface area (Å²) < 4.78 is 5.19. The molecule has 0 aliphatic carbocycles. The van der Waals surface area contributed by atoms with E-state index in [0.29, 0.717) is 17.9 Å². The lowest BCUT2D eigenvalue weighted by molar-refractivity contribution is 0.0118. The van der Waals surface area contributed by atoms with Gasteiger partial charge in [-0.05, 0) is 54.8 Å². The molecule has 0 radical (unpaired) electrons. The highest BCUT2D eigenvalue weighted by molar-refractivity contribution is 6.30. The molecule has 3 nitrogen and oxygen atoms in total. The molecule has 0 amide bonds. The topological polar surface area (TPSA) is 32.7 Å². The fourth-order valence-electron chi connectivity index (χ4n) is 2.98. The fraction of sp³-hybridized carbons (Fsp3) is 0.333. The Kier molecular flexibility index (Phi) is 4.27. The SMILES string of the molecule is COc1ccc(N2CCC(O)(c3ccc(Cl)cc3)CC2)cc1. The first-order chi connectivity index (χ1) is 10.6. The van der Waals surface area contributed by atoms with E-state index in [0.717, 1.165) is 24.4 Å². The second-order valence-electron chi connectivity index (χ2n) is 5.72. The van der Waals surface area contributed by atoms with E-state index in [2.05, 4.69) is 17.0 Å². The monoisotopic (exact) mass is 317 g/mol. The van der Waals surface area contributed by atoms with Gasteiger partial charge in [0.05, 0.1) is 12.7 Å². The van der Waals surface area contributed by atoms with E-state index in [1.807, 2.05) is 36.4 Å². The Morgan fingerprint density at radius 3 is 2.14 bits per heavy atom. The maximum atomic E-state index is 10.9. The van der Waals surface area contributed by atoms with Gasteiger partial charge in [0.2, 0.25) is 0 Å². The van der Waals surface area contributed by atoms with Crippen LogP contribution in [0.15, 0.2) is 48.5 Å². The van der Waals surface area contributed by atoms with Crippen LogP contribution in [0.3, 0.4) is 0 Å². The fourth-order valence-corrected chi connectivity index (χ4v) is 3.10. The highest BCUT2D eigenvalue weighted by atomic mass is 35.5. The van der Waals surface area contributed by atoms with Gasteiger partial charge >= 0.3 is 0 Å². The molecule has 0 saturated carbocycles. The van der Waals surface area contributed by atoms with Crippen molar-refractivity contribution in [1.82, 2.24) is 0 Å². The maximum absolute atomic E-state index is 10.9. The zero-order valence-corrected chi connectivity index (χ0v) is 13.4. The predicted molar refractivity (Wildman–Crippen MR) is 89.8 cm³/mol.